The van der Waals surface area contributed by atoms with Crippen molar-refractivity contribution in [3.05, 3.63) is 59.4 Å². The van der Waals surface area contributed by atoms with E-state index in [9.17, 15) is 0 Å². The van der Waals surface area contributed by atoms with Gasteiger partial charge in [0.15, 0.2) is 5.96 Å². The first kappa shape index (κ1) is 18.3. The lowest BCUT2D eigenvalue weighted by Crippen LogP contribution is -2.37. The first-order valence-electron chi connectivity index (χ1n) is 8.60. The van der Waals surface area contributed by atoms with Crippen LogP contribution in [0.15, 0.2) is 52.4 Å². The Bertz CT molecular complexity index is 929. The lowest BCUT2D eigenvalue weighted by Gasteiger charge is -2.14. The van der Waals surface area contributed by atoms with Crippen LogP contribution < -0.4 is 10.6 Å². The van der Waals surface area contributed by atoms with Crippen molar-refractivity contribution in [1.29, 1.82) is 0 Å². The average molecular weight is 368 g/mol. The van der Waals surface area contributed by atoms with E-state index in [4.69, 9.17) is 0 Å². The first-order chi connectivity index (χ1) is 12.6. The summed E-state index contributed by atoms with van der Waals surface area (Å²) >= 11 is 1.77. The summed E-state index contributed by atoms with van der Waals surface area (Å²) in [6.07, 6.45) is 2.11. The number of nitrogens with one attached hydrogen (secondary N) is 2. The summed E-state index contributed by atoms with van der Waals surface area (Å²) in [5, 5.41) is 6.75. The van der Waals surface area contributed by atoms with Gasteiger partial charge in [-0.2, -0.15) is 0 Å². The molecule has 0 saturated carbocycles. The topological polar surface area (TPSA) is 54.2 Å². The van der Waals surface area contributed by atoms with Gasteiger partial charge < -0.3 is 15.2 Å². The van der Waals surface area contributed by atoms with E-state index < -0.39 is 0 Å². The molecule has 0 bridgehead atoms. The summed E-state index contributed by atoms with van der Waals surface area (Å²) in [4.78, 5) is 10.3. The van der Waals surface area contributed by atoms with Crippen LogP contribution in [0.4, 0.5) is 0 Å². The van der Waals surface area contributed by atoms with E-state index in [-0.39, 0.29) is 0 Å². The van der Waals surface area contributed by atoms with E-state index in [2.05, 4.69) is 62.6 Å². The number of thioether (sulfide) groups is 1. The van der Waals surface area contributed by atoms with Crippen LogP contribution in [0.2, 0.25) is 0 Å². The second-order valence-electron chi connectivity index (χ2n) is 6.17. The number of imidazole rings is 1. The Kier molecular flexibility index (Phi) is 5.83. The van der Waals surface area contributed by atoms with Crippen LogP contribution in [-0.4, -0.2) is 28.8 Å². The van der Waals surface area contributed by atoms with Crippen LogP contribution in [0.25, 0.3) is 11.0 Å². The van der Waals surface area contributed by atoms with Gasteiger partial charge in [-0.25, -0.2) is 4.98 Å². The van der Waals surface area contributed by atoms with Gasteiger partial charge in [0, 0.05) is 25.5 Å². The van der Waals surface area contributed by atoms with Crippen LogP contribution >= 0.6 is 11.8 Å². The number of fused-ring (bicyclic) bond motifs is 1. The van der Waals surface area contributed by atoms with Gasteiger partial charge in [0.1, 0.15) is 5.82 Å². The van der Waals surface area contributed by atoms with E-state index in [1.165, 1.54) is 16.0 Å². The fraction of sp³-hybridized carbons (Fsp3) is 0.300. The predicted molar refractivity (Wildman–Crippen MR) is 111 cm³/mol. The molecular formula is C20H25N5S. The molecule has 0 aliphatic rings. The number of aromatic nitrogens is 2. The Morgan fingerprint density at radius 3 is 2.65 bits per heavy atom. The molecule has 3 rings (SSSR count). The highest BCUT2D eigenvalue weighted by Gasteiger charge is 2.08. The molecule has 0 spiro atoms. The standard InChI is InChI=1S/C20H25N5S/c1-14-9-10-15(18(11-14)26-4)12-22-20(21-2)23-13-19-24-16-7-5-6-8-17(16)25(19)3/h5-11H,12-13H2,1-4H3,(H2,21,22,23). The van der Waals surface area contributed by atoms with Crippen molar-refractivity contribution in [2.75, 3.05) is 13.3 Å². The molecule has 0 atom stereocenters. The number of guanidine groups is 1. The zero-order valence-electron chi connectivity index (χ0n) is 15.7. The lowest BCUT2D eigenvalue weighted by molar-refractivity contribution is 0.734. The van der Waals surface area contributed by atoms with E-state index in [0.29, 0.717) is 6.54 Å². The van der Waals surface area contributed by atoms with Crippen molar-refractivity contribution in [3.63, 3.8) is 0 Å². The van der Waals surface area contributed by atoms with E-state index in [1.807, 2.05) is 25.2 Å². The molecule has 136 valence electrons. The van der Waals surface area contributed by atoms with E-state index in [0.717, 1.165) is 29.4 Å². The van der Waals surface area contributed by atoms with Crippen molar-refractivity contribution >= 4 is 28.8 Å². The highest BCUT2D eigenvalue weighted by molar-refractivity contribution is 7.98. The maximum Gasteiger partial charge on any atom is 0.191 e. The van der Waals surface area contributed by atoms with Crippen molar-refractivity contribution in [1.82, 2.24) is 20.2 Å². The van der Waals surface area contributed by atoms with Crippen molar-refractivity contribution in [2.45, 2.75) is 24.9 Å². The summed E-state index contributed by atoms with van der Waals surface area (Å²) in [6.45, 7) is 3.47. The van der Waals surface area contributed by atoms with Crippen molar-refractivity contribution in [3.8, 4) is 0 Å². The summed E-state index contributed by atoms with van der Waals surface area (Å²) in [6, 6.07) is 14.7. The number of aryl methyl sites for hydroxylation is 2. The highest BCUT2D eigenvalue weighted by atomic mass is 32.2. The Hall–Kier alpha value is -2.47. The molecule has 0 unspecified atom stereocenters. The molecule has 5 nitrogen and oxygen atoms in total. The molecule has 0 radical (unpaired) electrons. The number of nitrogens with zero attached hydrogens (tertiary/aromatic N) is 3. The van der Waals surface area contributed by atoms with Crippen LogP contribution in [0, 0.1) is 6.92 Å². The highest BCUT2D eigenvalue weighted by Crippen LogP contribution is 2.21. The molecule has 1 aromatic heterocycles. The number of hydrogen-bond donors (Lipinski definition) is 2. The SMILES string of the molecule is CN=C(NCc1ccc(C)cc1SC)NCc1nc2ccccc2n1C. The third kappa shape index (κ3) is 4.02. The zero-order chi connectivity index (χ0) is 18.5. The lowest BCUT2D eigenvalue weighted by atomic mass is 10.1. The van der Waals surface area contributed by atoms with Crippen LogP contribution in [0.3, 0.4) is 0 Å². The first-order valence-corrected chi connectivity index (χ1v) is 9.83. The minimum atomic E-state index is 0.619. The summed E-state index contributed by atoms with van der Waals surface area (Å²) in [5.41, 5.74) is 4.70. The Morgan fingerprint density at radius 1 is 1.15 bits per heavy atom. The van der Waals surface area contributed by atoms with Crippen LogP contribution in [0.5, 0.6) is 0 Å². The van der Waals surface area contributed by atoms with Gasteiger partial charge in [0.2, 0.25) is 0 Å². The molecule has 1 heterocycles. The Labute approximate surface area is 158 Å². The molecule has 6 heteroatoms. The van der Waals surface area contributed by atoms with Gasteiger partial charge in [0.25, 0.3) is 0 Å². The van der Waals surface area contributed by atoms with E-state index in [1.54, 1.807) is 18.8 Å². The molecular weight excluding hydrogens is 342 g/mol. The van der Waals surface area contributed by atoms with Gasteiger partial charge in [-0.3, -0.25) is 4.99 Å². The molecule has 0 amide bonds. The van der Waals surface area contributed by atoms with Gasteiger partial charge >= 0.3 is 0 Å². The Balaban J connectivity index is 1.64. The summed E-state index contributed by atoms with van der Waals surface area (Å²) in [5.74, 6) is 1.75. The second kappa shape index (κ2) is 8.27. The van der Waals surface area contributed by atoms with E-state index >= 15 is 0 Å². The van der Waals surface area contributed by atoms with Gasteiger partial charge in [-0.1, -0.05) is 24.3 Å². The van der Waals surface area contributed by atoms with Gasteiger partial charge in [-0.05, 0) is 42.5 Å². The third-order valence-electron chi connectivity index (χ3n) is 4.41. The maximum absolute atomic E-state index is 4.69. The number of aliphatic imine (C=N–C) groups is 1. The smallest absolute Gasteiger partial charge is 0.191 e. The minimum absolute atomic E-state index is 0.619. The van der Waals surface area contributed by atoms with Gasteiger partial charge in [-0.15, -0.1) is 11.8 Å². The average Bonchev–Trinajstić information content (AvgIpc) is 2.99. The van der Waals surface area contributed by atoms with Crippen LogP contribution in [-0.2, 0) is 20.1 Å². The molecule has 2 aromatic carbocycles. The normalized spacial score (nSPS) is 11.8. The monoisotopic (exact) mass is 367 g/mol. The van der Waals surface area contributed by atoms with Gasteiger partial charge in [0.05, 0.1) is 17.6 Å². The number of hydrogen-bond acceptors (Lipinski definition) is 3. The van der Waals surface area contributed by atoms with Crippen molar-refractivity contribution < 1.29 is 0 Å². The second-order valence-corrected chi connectivity index (χ2v) is 7.02. The zero-order valence-corrected chi connectivity index (χ0v) is 16.5. The Morgan fingerprint density at radius 2 is 1.92 bits per heavy atom. The summed E-state index contributed by atoms with van der Waals surface area (Å²) < 4.78 is 2.11. The van der Waals surface area contributed by atoms with Crippen molar-refractivity contribution in [2.24, 2.45) is 12.0 Å². The third-order valence-corrected chi connectivity index (χ3v) is 5.23. The molecule has 0 aliphatic heterocycles. The maximum atomic E-state index is 4.69. The quantitative estimate of drug-likeness (QED) is 0.412. The van der Waals surface area contributed by atoms with Crippen LogP contribution in [0.1, 0.15) is 17.0 Å². The molecule has 26 heavy (non-hydrogen) atoms. The predicted octanol–water partition coefficient (Wildman–Crippen LogP) is 3.47. The molecule has 0 fully saturated rings. The fourth-order valence-corrected chi connectivity index (χ4v) is 3.62. The number of para-hydroxylation sites is 2. The molecule has 2 N–H and O–H groups in total. The molecule has 0 saturated heterocycles. The number of benzene rings is 2. The minimum Gasteiger partial charge on any atom is -0.352 e. The fourth-order valence-electron chi connectivity index (χ4n) is 2.91. The summed E-state index contributed by atoms with van der Waals surface area (Å²) in [7, 11) is 3.83. The number of rotatable bonds is 5. The molecule has 3 aromatic rings. The molecule has 0 aliphatic carbocycles. The largest absolute Gasteiger partial charge is 0.352 e.